The van der Waals surface area contributed by atoms with E-state index in [9.17, 15) is 10.5 Å². The van der Waals surface area contributed by atoms with Gasteiger partial charge in [-0.25, -0.2) is 19.9 Å². The molecular weight excluding hydrogens is 1340 g/mol. The topological polar surface area (TPSA) is 99.1 Å². The second-order valence-electron chi connectivity index (χ2n) is 25.8. The molecule has 10 heteroatoms. The van der Waals surface area contributed by atoms with Crippen LogP contribution in [0.3, 0.4) is 0 Å². The van der Waals surface area contributed by atoms with Crippen molar-refractivity contribution in [1.29, 1.82) is 10.5 Å². The van der Waals surface area contributed by atoms with Crippen molar-refractivity contribution in [3.8, 4) is 124 Å². The van der Waals surface area contributed by atoms with E-state index in [0.717, 1.165) is 89.5 Å². The Morgan fingerprint density at radius 1 is 0.202 bits per heavy atom. The molecule has 0 atom stereocenters. The predicted molar refractivity (Wildman–Crippen MR) is 439 cm³/mol. The summed E-state index contributed by atoms with van der Waals surface area (Å²) in [6.07, 6.45) is 0. The SMILES string of the molecule is N#Cc1ccc(-c2cc(-c3cc(-c4ccc5sc6ccccc6c5c4)cc(-c4ccc5sc6ccccc6c5c4)c3)nc(-c3ccccc3)n2)cc1.N#Cc1ccc(-c2cc(-c3cc(-c4cccc5c4sc4ccccc45)cc(-c4cccc5c4sc4ccccc45)c3)nc(-c3ccccc3)n2)cc1. The Labute approximate surface area is 614 Å². The highest BCUT2D eigenvalue weighted by molar-refractivity contribution is 7.27. The third-order valence-corrected chi connectivity index (χ3v) is 24.2. The zero-order valence-corrected chi connectivity index (χ0v) is 58.8. The molecule has 6 nitrogen and oxygen atoms in total. The standard InChI is InChI=1S/2C47H27N3S2/c48-28-29-20-22-30(23-21-29)41-27-42(50-47(49-41)31-10-2-1-3-11-31)34-25-32(35-14-8-16-39-37-12-4-6-18-43(37)51-45(35)39)24-33(26-34)36-15-9-17-40-38-13-5-7-19-44(38)52-46(36)40;48-28-29-14-16-30(17-15-29)41-27-42(50-47(49-41)31-8-2-1-3-9-31)36-23-34(32-18-20-45-39(25-32)37-10-4-6-12-43(37)51-45)22-35(24-36)33-19-21-46-40(26-33)38-11-5-7-13-44(38)52-46/h2*1-27H. The van der Waals surface area contributed by atoms with Gasteiger partial charge in [-0.1, -0.05) is 206 Å². The van der Waals surface area contributed by atoms with Crippen molar-refractivity contribution in [2.45, 2.75) is 0 Å². The summed E-state index contributed by atoms with van der Waals surface area (Å²) in [7, 11) is 0. The van der Waals surface area contributed by atoms with Gasteiger partial charge in [-0.2, -0.15) is 10.5 Å². The normalized spacial score (nSPS) is 11.4. The number of nitrogens with zero attached hydrogens (tertiary/aromatic N) is 6. The van der Waals surface area contributed by atoms with E-state index in [4.69, 9.17) is 19.9 Å². The summed E-state index contributed by atoms with van der Waals surface area (Å²) in [6.45, 7) is 0. The predicted octanol–water partition coefficient (Wildman–Crippen LogP) is 26.8. The number of benzene rings is 14. The van der Waals surface area contributed by atoms with Crippen LogP contribution >= 0.6 is 45.3 Å². The number of fused-ring (bicyclic) bond motifs is 12. The number of aromatic nitrogens is 4. The van der Waals surface area contributed by atoms with E-state index in [1.165, 1.54) is 91.8 Å². The minimum Gasteiger partial charge on any atom is -0.228 e. The van der Waals surface area contributed by atoms with Gasteiger partial charge < -0.3 is 0 Å². The second kappa shape index (κ2) is 26.2. The molecule has 6 aromatic heterocycles. The van der Waals surface area contributed by atoms with E-state index in [-0.39, 0.29) is 0 Å². The van der Waals surface area contributed by atoms with E-state index in [1.54, 1.807) is 0 Å². The lowest BCUT2D eigenvalue weighted by Gasteiger charge is -2.14. The molecule has 0 saturated carbocycles. The number of nitriles is 2. The van der Waals surface area contributed by atoms with Gasteiger partial charge in [-0.05, 0) is 166 Å². The van der Waals surface area contributed by atoms with E-state index in [2.05, 4.69) is 231 Å². The number of rotatable bonds is 10. The molecule has 0 aliphatic carbocycles. The summed E-state index contributed by atoms with van der Waals surface area (Å²) in [4.78, 5) is 20.5. The van der Waals surface area contributed by atoms with Crippen LogP contribution in [0.15, 0.2) is 328 Å². The van der Waals surface area contributed by atoms with Crippen LogP contribution < -0.4 is 0 Å². The van der Waals surface area contributed by atoms with Crippen LogP contribution in [0, 0.1) is 22.7 Å². The highest BCUT2D eigenvalue weighted by Gasteiger charge is 2.21. The summed E-state index contributed by atoms with van der Waals surface area (Å²) >= 11 is 7.37. The molecule has 104 heavy (non-hydrogen) atoms. The van der Waals surface area contributed by atoms with Crippen LogP contribution in [0.4, 0.5) is 0 Å². The highest BCUT2D eigenvalue weighted by atomic mass is 32.1. The van der Waals surface area contributed by atoms with Gasteiger partial charge in [0.05, 0.1) is 46.0 Å². The van der Waals surface area contributed by atoms with Gasteiger partial charge in [0.25, 0.3) is 0 Å². The Balaban J connectivity index is 0.000000143. The van der Waals surface area contributed by atoms with Crippen LogP contribution in [-0.2, 0) is 0 Å². The van der Waals surface area contributed by atoms with E-state index in [0.29, 0.717) is 22.8 Å². The molecule has 0 bridgehead atoms. The Morgan fingerprint density at radius 3 is 0.913 bits per heavy atom. The van der Waals surface area contributed by atoms with Crippen molar-refractivity contribution < 1.29 is 0 Å². The fraction of sp³-hybridized carbons (Fsp3) is 0. The minimum atomic E-state index is 0.615. The molecule has 14 aromatic carbocycles. The Kier molecular flexibility index (Phi) is 15.7. The lowest BCUT2D eigenvalue weighted by molar-refractivity contribution is 1.18. The Morgan fingerprint density at radius 2 is 0.510 bits per heavy atom. The van der Waals surface area contributed by atoms with Crippen molar-refractivity contribution in [3.63, 3.8) is 0 Å². The first-order valence-electron chi connectivity index (χ1n) is 34.2. The fourth-order valence-corrected chi connectivity index (χ4v) is 19.0. The smallest absolute Gasteiger partial charge is 0.160 e. The monoisotopic (exact) mass is 1390 g/mol. The molecule has 0 aliphatic heterocycles. The molecule has 0 radical (unpaired) electrons. The van der Waals surface area contributed by atoms with Crippen LogP contribution in [0.25, 0.3) is 193 Å². The average Bonchev–Trinajstić information content (AvgIpc) is 1.51. The molecule has 0 spiro atoms. The van der Waals surface area contributed by atoms with Gasteiger partial charge in [0.2, 0.25) is 0 Å². The maximum absolute atomic E-state index is 9.46. The molecule has 6 heterocycles. The molecule has 0 amide bonds. The zero-order chi connectivity index (χ0) is 69.2. The van der Waals surface area contributed by atoms with Crippen LogP contribution in [0.1, 0.15) is 11.1 Å². The van der Waals surface area contributed by atoms with Crippen molar-refractivity contribution in [3.05, 3.63) is 339 Å². The molecule has 0 fully saturated rings. The van der Waals surface area contributed by atoms with Gasteiger partial charge in [0.15, 0.2) is 11.6 Å². The summed E-state index contributed by atoms with van der Waals surface area (Å²) in [5.74, 6) is 1.31. The first-order chi connectivity index (χ1) is 51.4. The molecular formula is C94H54N6S4. The summed E-state index contributed by atoms with van der Waals surface area (Å²) < 4.78 is 10.3. The van der Waals surface area contributed by atoms with Gasteiger partial charge in [-0.3, -0.25) is 0 Å². The third-order valence-electron chi connectivity index (χ3n) is 19.4. The second-order valence-corrected chi connectivity index (χ2v) is 30.1. The highest BCUT2D eigenvalue weighted by Crippen LogP contribution is 2.47. The molecule has 20 aromatic rings. The Bertz CT molecular complexity index is 6610. The first kappa shape index (κ1) is 62.1. The van der Waals surface area contributed by atoms with Crippen molar-refractivity contribution in [2.75, 3.05) is 0 Å². The third kappa shape index (κ3) is 11.5. The average molecular weight is 1400 g/mol. The zero-order valence-electron chi connectivity index (χ0n) is 55.5. The lowest BCUT2D eigenvalue weighted by Crippen LogP contribution is -1.96. The minimum absolute atomic E-state index is 0.615. The Hall–Kier alpha value is -12.9. The molecule has 0 saturated heterocycles. The van der Waals surface area contributed by atoms with Crippen molar-refractivity contribution in [2.24, 2.45) is 0 Å². The summed E-state index contributed by atoms with van der Waals surface area (Å²) in [5.41, 5.74) is 19.5. The molecule has 0 aliphatic rings. The molecule has 0 N–H and O–H groups in total. The van der Waals surface area contributed by atoms with Crippen LogP contribution in [-0.4, -0.2) is 19.9 Å². The largest absolute Gasteiger partial charge is 0.228 e. The van der Waals surface area contributed by atoms with Crippen molar-refractivity contribution >= 4 is 126 Å². The van der Waals surface area contributed by atoms with E-state index in [1.807, 2.05) is 155 Å². The van der Waals surface area contributed by atoms with Gasteiger partial charge in [0, 0.05) is 114 Å². The van der Waals surface area contributed by atoms with E-state index >= 15 is 0 Å². The maximum atomic E-state index is 9.46. The number of thiophene rings is 4. The molecule has 0 unspecified atom stereocenters. The van der Waals surface area contributed by atoms with Crippen molar-refractivity contribution in [1.82, 2.24) is 19.9 Å². The van der Waals surface area contributed by atoms with Crippen LogP contribution in [0.5, 0.6) is 0 Å². The molecule has 20 rings (SSSR count). The maximum Gasteiger partial charge on any atom is 0.160 e. The van der Waals surface area contributed by atoms with E-state index < -0.39 is 0 Å². The quantitative estimate of drug-likeness (QED) is 0.135. The van der Waals surface area contributed by atoms with Gasteiger partial charge in [-0.15, -0.1) is 45.3 Å². The summed E-state index contributed by atoms with van der Waals surface area (Å²) in [6, 6.07) is 120. The van der Waals surface area contributed by atoms with Gasteiger partial charge in [0.1, 0.15) is 0 Å². The molecule has 484 valence electrons. The number of hydrogen-bond acceptors (Lipinski definition) is 10. The lowest BCUT2D eigenvalue weighted by atomic mass is 9.93. The van der Waals surface area contributed by atoms with Crippen LogP contribution in [0.2, 0.25) is 0 Å². The summed E-state index contributed by atoms with van der Waals surface area (Å²) in [5, 5.41) is 29.1. The fourth-order valence-electron chi connectivity index (χ4n) is 14.3. The number of hydrogen-bond donors (Lipinski definition) is 0. The first-order valence-corrected chi connectivity index (χ1v) is 37.5. The van der Waals surface area contributed by atoms with Gasteiger partial charge >= 0.3 is 0 Å².